The van der Waals surface area contributed by atoms with Gasteiger partial charge in [0.15, 0.2) is 0 Å². The van der Waals surface area contributed by atoms with Gasteiger partial charge in [0, 0.05) is 11.6 Å². The molecule has 0 amide bonds. The molecular formula is C14H20F3NO3. The van der Waals surface area contributed by atoms with Gasteiger partial charge in [-0.25, -0.2) is 0 Å². The number of ether oxygens (including phenoxy) is 3. The summed E-state index contributed by atoms with van der Waals surface area (Å²) in [6.45, 7) is 1.09. The maximum Gasteiger partial charge on any atom is 0.411 e. The summed E-state index contributed by atoms with van der Waals surface area (Å²) in [6.07, 6.45) is -4.33. The van der Waals surface area contributed by atoms with Crippen molar-refractivity contribution >= 4 is 0 Å². The molecule has 1 unspecified atom stereocenters. The van der Waals surface area contributed by atoms with E-state index in [1.165, 1.54) is 14.2 Å². The first-order valence-electron chi connectivity index (χ1n) is 6.51. The minimum Gasteiger partial charge on any atom is -0.497 e. The normalized spacial score (nSPS) is 13.0. The second kappa shape index (κ2) is 8.09. The molecule has 0 aliphatic heterocycles. The van der Waals surface area contributed by atoms with Crippen LogP contribution in [0.25, 0.3) is 0 Å². The van der Waals surface area contributed by atoms with Gasteiger partial charge in [0.1, 0.15) is 18.1 Å². The second-order valence-electron chi connectivity index (χ2n) is 4.35. The summed E-state index contributed by atoms with van der Waals surface area (Å²) in [4.78, 5) is 0. The maximum atomic E-state index is 12.2. The van der Waals surface area contributed by atoms with Crippen molar-refractivity contribution < 1.29 is 27.4 Å². The quantitative estimate of drug-likeness (QED) is 0.801. The molecule has 0 bridgehead atoms. The molecule has 0 saturated carbocycles. The summed E-state index contributed by atoms with van der Waals surface area (Å²) >= 11 is 0. The van der Waals surface area contributed by atoms with E-state index in [-0.39, 0.29) is 6.61 Å². The van der Waals surface area contributed by atoms with Gasteiger partial charge in [-0.2, -0.15) is 13.2 Å². The minimum atomic E-state index is -4.33. The smallest absolute Gasteiger partial charge is 0.411 e. The Labute approximate surface area is 122 Å². The van der Waals surface area contributed by atoms with Crippen LogP contribution in [0.15, 0.2) is 18.2 Å². The zero-order chi connectivity index (χ0) is 15.9. The maximum absolute atomic E-state index is 12.2. The zero-order valence-electron chi connectivity index (χ0n) is 12.3. The fourth-order valence-corrected chi connectivity index (χ4v) is 1.90. The Morgan fingerprint density at radius 1 is 1.19 bits per heavy atom. The van der Waals surface area contributed by atoms with Crippen LogP contribution in [0.2, 0.25) is 0 Å². The van der Waals surface area contributed by atoms with E-state index >= 15 is 0 Å². The average Bonchev–Trinajstić information content (AvgIpc) is 2.44. The van der Waals surface area contributed by atoms with Crippen molar-refractivity contribution in [2.75, 3.05) is 34.0 Å². The molecule has 21 heavy (non-hydrogen) atoms. The number of nitrogens with one attached hydrogen (secondary N) is 1. The molecular weight excluding hydrogens is 287 g/mol. The SMILES string of the molecule is CCNC(COCC(F)(F)F)c1ccc(OC)cc1OC. The highest BCUT2D eigenvalue weighted by Crippen LogP contribution is 2.30. The van der Waals surface area contributed by atoms with Crippen LogP contribution in [-0.2, 0) is 4.74 Å². The van der Waals surface area contributed by atoms with Gasteiger partial charge in [0.05, 0.1) is 26.9 Å². The lowest BCUT2D eigenvalue weighted by atomic mass is 10.1. The topological polar surface area (TPSA) is 39.7 Å². The number of alkyl halides is 3. The van der Waals surface area contributed by atoms with Gasteiger partial charge in [-0.15, -0.1) is 0 Å². The molecule has 120 valence electrons. The van der Waals surface area contributed by atoms with Crippen molar-refractivity contribution in [3.8, 4) is 11.5 Å². The Hall–Kier alpha value is -1.47. The molecule has 1 N–H and O–H groups in total. The van der Waals surface area contributed by atoms with Crippen molar-refractivity contribution in [1.29, 1.82) is 0 Å². The van der Waals surface area contributed by atoms with Gasteiger partial charge in [-0.1, -0.05) is 6.92 Å². The highest BCUT2D eigenvalue weighted by Gasteiger charge is 2.28. The van der Waals surface area contributed by atoms with Crippen LogP contribution in [0, 0.1) is 0 Å². The van der Waals surface area contributed by atoms with Crippen LogP contribution in [0.3, 0.4) is 0 Å². The van der Waals surface area contributed by atoms with E-state index in [0.717, 1.165) is 5.56 Å². The van der Waals surface area contributed by atoms with Crippen molar-refractivity contribution in [1.82, 2.24) is 5.32 Å². The predicted octanol–water partition coefficient (Wildman–Crippen LogP) is 2.93. The van der Waals surface area contributed by atoms with Gasteiger partial charge in [-0.05, 0) is 18.7 Å². The molecule has 0 saturated heterocycles. The lowest BCUT2D eigenvalue weighted by molar-refractivity contribution is -0.175. The molecule has 1 aromatic rings. The average molecular weight is 307 g/mol. The molecule has 0 aliphatic carbocycles. The lowest BCUT2D eigenvalue weighted by Gasteiger charge is -2.21. The predicted molar refractivity (Wildman–Crippen MR) is 72.8 cm³/mol. The third kappa shape index (κ3) is 5.81. The largest absolute Gasteiger partial charge is 0.497 e. The first-order valence-corrected chi connectivity index (χ1v) is 6.51. The molecule has 4 nitrogen and oxygen atoms in total. The van der Waals surface area contributed by atoms with Crippen LogP contribution in [0.5, 0.6) is 11.5 Å². The first-order chi connectivity index (χ1) is 9.91. The Morgan fingerprint density at radius 2 is 1.90 bits per heavy atom. The van der Waals surface area contributed by atoms with Crippen molar-refractivity contribution in [2.45, 2.75) is 19.1 Å². The first kappa shape index (κ1) is 17.6. The van der Waals surface area contributed by atoms with Crippen molar-refractivity contribution in [3.05, 3.63) is 23.8 Å². The highest BCUT2D eigenvalue weighted by molar-refractivity contribution is 5.42. The van der Waals surface area contributed by atoms with E-state index in [9.17, 15) is 13.2 Å². The fraction of sp³-hybridized carbons (Fsp3) is 0.571. The zero-order valence-corrected chi connectivity index (χ0v) is 12.3. The molecule has 0 radical (unpaired) electrons. The number of methoxy groups -OCH3 is 2. The Kier molecular flexibility index (Phi) is 6.77. The van der Waals surface area contributed by atoms with Gasteiger partial charge in [0.25, 0.3) is 0 Å². The minimum absolute atomic E-state index is 0.101. The summed E-state index contributed by atoms with van der Waals surface area (Å²) in [5.74, 6) is 1.15. The van der Waals surface area contributed by atoms with Crippen LogP contribution >= 0.6 is 0 Å². The molecule has 7 heteroatoms. The van der Waals surface area contributed by atoms with Gasteiger partial charge >= 0.3 is 6.18 Å². The number of rotatable bonds is 8. The molecule has 1 atom stereocenters. The van der Waals surface area contributed by atoms with Crippen LogP contribution in [0.4, 0.5) is 13.2 Å². The van der Waals surface area contributed by atoms with Gasteiger partial charge < -0.3 is 19.5 Å². The highest BCUT2D eigenvalue weighted by atomic mass is 19.4. The van der Waals surface area contributed by atoms with Crippen molar-refractivity contribution in [2.24, 2.45) is 0 Å². The van der Waals surface area contributed by atoms with Crippen LogP contribution < -0.4 is 14.8 Å². The van der Waals surface area contributed by atoms with Gasteiger partial charge in [-0.3, -0.25) is 0 Å². The summed E-state index contributed by atoms with van der Waals surface area (Å²) in [7, 11) is 3.03. The van der Waals surface area contributed by atoms with Crippen LogP contribution in [0.1, 0.15) is 18.5 Å². The van der Waals surface area contributed by atoms with Crippen molar-refractivity contribution in [3.63, 3.8) is 0 Å². The molecule has 0 spiro atoms. The van der Waals surface area contributed by atoms with E-state index in [1.807, 2.05) is 6.92 Å². The second-order valence-corrected chi connectivity index (χ2v) is 4.35. The van der Waals surface area contributed by atoms with E-state index in [1.54, 1.807) is 18.2 Å². The molecule has 0 heterocycles. The van der Waals surface area contributed by atoms with E-state index in [4.69, 9.17) is 14.2 Å². The van der Waals surface area contributed by atoms with E-state index in [0.29, 0.717) is 18.0 Å². The van der Waals surface area contributed by atoms with E-state index in [2.05, 4.69) is 5.32 Å². The summed E-state index contributed by atoms with van der Waals surface area (Å²) in [5.41, 5.74) is 0.724. The number of benzene rings is 1. The fourth-order valence-electron chi connectivity index (χ4n) is 1.90. The monoisotopic (exact) mass is 307 g/mol. The molecule has 0 aromatic heterocycles. The number of hydrogen-bond acceptors (Lipinski definition) is 4. The van der Waals surface area contributed by atoms with Gasteiger partial charge in [0.2, 0.25) is 0 Å². The third-order valence-electron chi connectivity index (χ3n) is 2.82. The lowest BCUT2D eigenvalue weighted by Crippen LogP contribution is -2.28. The van der Waals surface area contributed by atoms with Crippen LogP contribution in [-0.4, -0.2) is 40.2 Å². The Balaban J connectivity index is 2.84. The third-order valence-corrected chi connectivity index (χ3v) is 2.82. The number of likely N-dealkylation sites (N-methyl/N-ethyl adjacent to an activating group) is 1. The Bertz CT molecular complexity index is 438. The molecule has 1 rings (SSSR count). The molecule has 0 fully saturated rings. The molecule has 1 aromatic carbocycles. The molecule has 0 aliphatic rings. The summed E-state index contributed by atoms with van der Waals surface area (Å²) in [6, 6.07) is 4.77. The summed E-state index contributed by atoms with van der Waals surface area (Å²) < 4.78 is 51.6. The number of hydrogen-bond donors (Lipinski definition) is 1. The van der Waals surface area contributed by atoms with E-state index < -0.39 is 18.8 Å². The standard InChI is InChI=1S/C14H20F3NO3/c1-4-18-12(8-21-9-14(15,16)17)11-6-5-10(19-2)7-13(11)20-3/h5-7,12,18H,4,8-9H2,1-3H3. The Morgan fingerprint density at radius 3 is 2.43 bits per heavy atom. The summed E-state index contributed by atoms with van der Waals surface area (Å²) in [5, 5.41) is 3.08. The number of halogens is 3.